The molecule has 0 saturated carbocycles. The number of amides is 3. The van der Waals surface area contributed by atoms with Crippen LogP contribution in [0, 0.1) is 0 Å². The molecule has 8 heteroatoms. The molecule has 1 saturated heterocycles. The Morgan fingerprint density at radius 1 is 1.14 bits per heavy atom. The third kappa shape index (κ3) is 4.11. The molecule has 0 bridgehead atoms. The van der Waals surface area contributed by atoms with Crippen LogP contribution in [0.15, 0.2) is 48.5 Å². The first-order valence-electron chi connectivity index (χ1n) is 9.18. The average Bonchev–Trinajstić information content (AvgIpc) is 3.30. The maximum absolute atomic E-state index is 12.4. The molecule has 29 heavy (non-hydrogen) atoms. The van der Waals surface area contributed by atoms with Crippen LogP contribution in [0.25, 0.3) is 10.1 Å². The molecule has 3 aromatic rings. The fourth-order valence-electron chi connectivity index (χ4n) is 3.28. The van der Waals surface area contributed by atoms with E-state index in [0.717, 1.165) is 22.2 Å². The van der Waals surface area contributed by atoms with E-state index in [-0.39, 0.29) is 24.3 Å². The van der Waals surface area contributed by atoms with Gasteiger partial charge >= 0.3 is 0 Å². The van der Waals surface area contributed by atoms with Crippen molar-refractivity contribution in [1.82, 2.24) is 5.32 Å². The molecular weight excluding hydrogens is 410 g/mol. The van der Waals surface area contributed by atoms with Crippen LogP contribution in [-0.4, -0.2) is 30.8 Å². The van der Waals surface area contributed by atoms with Gasteiger partial charge in [0.1, 0.15) is 4.88 Å². The summed E-state index contributed by atoms with van der Waals surface area (Å²) in [6, 6.07) is 14.6. The van der Waals surface area contributed by atoms with Gasteiger partial charge in [-0.05, 0) is 30.7 Å². The minimum absolute atomic E-state index is 0.0842. The van der Waals surface area contributed by atoms with E-state index in [2.05, 4.69) is 10.6 Å². The fraction of sp³-hybridized carbons (Fsp3) is 0.190. The van der Waals surface area contributed by atoms with Gasteiger partial charge in [0.2, 0.25) is 11.8 Å². The molecule has 3 amide bonds. The molecule has 1 fully saturated rings. The summed E-state index contributed by atoms with van der Waals surface area (Å²) in [6.45, 7) is 0.499. The molecule has 6 nitrogen and oxygen atoms in total. The van der Waals surface area contributed by atoms with Crippen LogP contribution in [0.5, 0.6) is 0 Å². The second-order valence-corrected chi connectivity index (χ2v) is 8.10. The molecule has 0 spiro atoms. The second kappa shape index (κ2) is 8.23. The number of fused-ring (bicyclic) bond motifs is 1. The monoisotopic (exact) mass is 427 g/mol. The number of carbonyl (C=O) groups is 3. The van der Waals surface area contributed by atoms with Crippen molar-refractivity contribution in [1.29, 1.82) is 0 Å². The topological polar surface area (TPSA) is 78.5 Å². The van der Waals surface area contributed by atoms with E-state index in [1.165, 1.54) is 11.3 Å². The largest absolute Gasteiger partial charge is 0.342 e. The SMILES string of the molecule is O=C(CNC(=O)c1sc2ccccc2c1Cl)Nc1cccc(N2CCCC2=O)c1. The lowest BCUT2D eigenvalue weighted by Gasteiger charge is -2.16. The van der Waals surface area contributed by atoms with Crippen molar-refractivity contribution < 1.29 is 14.4 Å². The standard InChI is InChI=1S/C21H18ClN3O3S/c22-19-15-7-1-2-8-16(15)29-20(19)21(28)23-12-17(26)24-13-5-3-6-14(11-13)25-10-4-9-18(25)27/h1-3,5-8,11H,4,9-10,12H2,(H,23,28)(H,24,26). The van der Waals surface area contributed by atoms with Crippen molar-refractivity contribution in [3.05, 3.63) is 58.4 Å². The minimum Gasteiger partial charge on any atom is -0.342 e. The summed E-state index contributed by atoms with van der Waals surface area (Å²) < 4.78 is 0.917. The lowest BCUT2D eigenvalue weighted by molar-refractivity contribution is -0.117. The molecule has 2 heterocycles. The number of nitrogens with zero attached hydrogens (tertiary/aromatic N) is 1. The highest BCUT2D eigenvalue weighted by molar-refractivity contribution is 7.21. The van der Waals surface area contributed by atoms with Gasteiger partial charge in [-0.3, -0.25) is 14.4 Å². The van der Waals surface area contributed by atoms with Gasteiger partial charge in [0.05, 0.1) is 11.6 Å². The van der Waals surface area contributed by atoms with Crippen LogP contribution in [-0.2, 0) is 9.59 Å². The smallest absolute Gasteiger partial charge is 0.263 e. The molecule has 0 radical (unpaired) electrons. The highest BCUT2D eigenvalue weighted by atomic mass is 35.5. The second-order valence-electron chi connectivity index (χ2n) is 6.67. The maximum atomic E-state index is 12.4. The minimum atomic E-state index is -0.386. The number of hydrogen-bond acceptors (Lipinski definition) is 4. The highest BCUT2D eigenvalue weighted by Gasteiger charge is 2.22. The lowest BCUT2D eigenvalue weighted by Crippen LogP contribution is -2.32. The Labute approximate surface area is 176 Å². The predicted molar refractivity (Wildman–Crippen MR) is 116 cm³/mol. The lowest BCUT2D eigenvalue weighted by atomic mass is 10.2. The van der Waals surface area contributed by atoms with Gasteiger partial charge in [0, 0.05) is 34.4 Å². The van der Waals surface area contributed by atoms with E-state index in [1.807, 2.05) is 30.3 Å². The number of rotatable bonds is 5. The maximum Gasteiger partial charge on any atom is 0.263 e. The zero-order valence-corrected chi connectivity index (χ0v) is 17.0. The van der Waals surface area contributed by atoms with Gasteiger partial charge in [-0.15, -0.1) is 11.3 Å². The van der Waals surface area contributed by atoms with E-state index in [4.69, 9.17) is 11.6 Å². The molecule has 0 atom stereocenters. The number of thiophene rings is 1. The molecule has 2 N–H and O–H groups in total. The van der Waals surface area contributed by atoms with E-state index >= 15 is 0 Å². The van der Waals surface area contributed by atoms with Crippen molar-refractivity contribution in [3.63, 3.8) is 0 Å². The van der Waals surface area contributed by atoms with Gasteiger partial charge in [0.25, 0.3) is 5.91 Å². The summed E-state index contributed by atoms with van der Waals surface area (Å²) in [5.41, 5.74) is 1.33. The number of carbonyl (C=O) groups excluding carboxylic acids is 3. The van der Waals surface area contributed by atoms with Gasteiger partial charge in [-0.1, -0.05) is 35.9 Å². The van der Waals surface area contributed by atoms with E-state index in [0.29, 0.717) is 28.6 Å². The van der Waals surface area contributed by atoms with Crippen LogP contribution in [0.3, 0.4) is 0 Å². The first-order chi connectivity index (χ1) is 14.0. The molecular formula is C21H18ClN3O3S. The average molecular weight is 428 g/mol. The normalized spacial score (nSPS) is 13.7. The molecule has 1 aliphatic heterocycles. The molecule has 0 aliphatic carbocycles. The van der Waals surface area contributed by atoms with Crippen molar-refractivity contribution in [3.8, 4) is 0 Å². The summed E-state index contributed by atoms with van der Waals surface area (Å²) in [4.78, 5) is 38.7. The Morgan fingerprint density at radius 2 is 1.97 bits per heavy atom. The predicted octanol–water partition coefficient (Wildman–Crippen LogP) is 4.05. The number of nitrogens with one attached hydrogen (secondary N) is 2. The van der Waals surface area contributed by atoms with E-state index < -0.39 is 0 Å². The summed E-state index contributed by atoms with van der Waals surface area (Å²) in [6.07, 6.45) is 1.38. The van der Waals surface area contributed by atoms with Crippen LogP contribution < -0.4 is 15.5 Å². The zero-order valence-electron chi connectivity index (χ0n) is 15.4. The van der Waals surface area contributed by atoms with Crippen LogP contribution in [0.1, 0.15) is 22.5 Å². The highest BCUT2D eigenvalue weighted by Crippen LogP contribution is 2.34. The Kier molecular flexibility index (Phi) is 5.51. The van der Waals surface area contributed by atoms with Crippen molar-refractivity contribution in [2.45, 2.75) is 12.8 Å². The zero-order chi connectivity index (χ0) is 20.4. The van der Waals surface area contributed by atoms with Gasteiger partial charge in [-0.2, -0.15) is 0 Å². The van der Waals surface area contributed by atoms with Crippen LogP contribution >= 0.6 is 22.9 Å². The summed E-state index contributed by atoms with van der Waals surface area (Å²) in [5, 5.41) is 6.57. The van der Waals surface area contributed by atoms with Crippen LogP contribution in [0.2, 0.25) is 5.02 Å². The van der Waals surface area contributed by atoms with Gasteiger partial charge < -0.3 is 15.5 Å². The molecule has 1 aliphatic rings. The number of anilines is 2. The Bertz CT molecular complexity index is 1110. The summed E-state index contributed by atoms with van der Waals surface area (Å²) in [7, 11) is 0. The number of benzene rings is 2. The van der Waals surface area contributed by atoms with Crippen molar-refractivity contribution in [2.24, 2.45) is 0 Å². The van der Waals surface area contributed by atoms with Crippen molar-refractivity contribution in [2.75, 3.05) is 23.3 Å². The Balaban J connectivity index is 1.38. The Hall–Kier alpha value is -2.90. The van der Waals surface area contributed by atoms with Crippen LogP contribution in [0.4, 0.5) is 11.4 Å². The first-order valence-corrected chi connectivity index (χ1v) is 10.4. The van der Waals surface area contributed by atoms with Gasteiger partial charge in [0.15, 0.2) is 0 Å². The van der Waals surface area contributed by atoms with E-state index in [1.54, 1.807) is 23.1 Å². The number of halogens is 1. The quantitative estimate of drug-likeness (QED) is 0.644. The molecule has 2 aromatic carbocycles. The third-order valence-electron chi connectivity index (χ3n) is 4.67. The molecule has 4 rings (SSSR count). The Morgan fingerprint density at radius 3 is 2.72 bits per heavy atom. The van der Waals surface area contributed by atoms with Crippen molar-refractivity contribution >= 4 is 62.1 Å². The summed E-state index contributed by atoms with van der Waals surface area (Å²) >= 11 is 7.60. The first kappa shape index (κ1) is 19.4. The molecule has 0 unspecified atom stereocenters. The molecule has 1 aromatic heterocycles. The third-order valence-corrected chi connectivity index (χ3v) is 6.34. The van der Waals surface area contributed by atoms with E-state index in [9.17, 15) is 14.4 Å². The molecule has 148 valence electrons. The number of hydrogen-bond donors (Lipinski definition) is 2. The summed E-state index contributed by atoms with van der Waals surface area (Å²) in [5.74, 6) is -0.663. The fourth-order valence-corrected chi connectivity index (χ4v) is 4.71. The van der Waals surface area contributed by atoms with Gasteiger partial charge in [-0.25, -0.2) is 0 Å².